The Labute approximate surface area is 401 Å². The quantitative estimate of drug-likeness (QED) is 0.0229. The first kappa shape index (κ1) is 63.9. The van der Waals surface area contributed by atoms with E-state index in [4.69, 9.17) is 9.05 Å². The lowest BCUT2D eigenvalue weighted by molar-refractivity contribution is -0.893. The largest absolute Gasteiger partial charge is 0.472 e. The number of hydrogen-bond acceptors (Lipinski definition) is 7. The average Bonchev–Trinajstić information content (AvgIpc) is 3.25. The molecule has 0 aliphatic rings. The standard InChI is InChI=1S/C52H107N4O8P/c1-7-9-11-13-15-17-19-21-23-25-27-29-31-33-35-39-51(59)53-41-37-43-55(3,4)45-49(57)47-63-65(61,62)64-48-50(58)46-56(5,6)44-38-42-54-52(60)40-36-34-32-30-28-26-24-22-20-18-16-14-12-10-8-2/h49-50,57-58H,7-48H2,1-6H3,(H-2,53,54,59,60,61,62)/p+2. The van der Waals surface area contributed by atoms with Crippen LogP contribution in [0.5, 0.6) is 0 Å². The van der Waals surface area contributed by atoms with E-state index in [0.29, 0.717) is 61.1 Å². The lowest BCUT2D eigenvalue weighted by Crippen LogP contribution is -2.48. The Morgan fingerprint density at radius 3 is 0.954 bits per heavy atom. The van der Waals surface area contributed by atoms with Crippen LogP contribution in [0.2, 0.25) is 0 Å². The molecule has 0 aromatic heterocycles. The van der Waals surface area contributed by atoms with Crippen molar-refractivity contribution < 1.29 is 47.3 Å². The number of unbranched alkanes of at least 4 members (excludes halogenated alkanes) is 28. The fourth-order valence-corrected chi connectivity index (χ4v) is 9.58. The van der Waals surface area contributed by atoms with Gasteiger partial charge in [-0.15, -0.1) is 0 Å². The molecule has 0 aromatic rings. The van der Waals surface area contributed by atoms with E-state index in [1.165, 1.54) is 167 Å². The van der Waals surface area contributed by atoms with Crippen LogP contribution in [0.3, 0.4) is 0 Å². The fraction of sp³-hybridized carbons (Fsp3) is 0.962. The normalized spacial score (nSPS) is 14.0. The molecule has 0 fully saturated rings. The van der Waals surface area contributed by atoms with Crippen molar-refractivity contribution in [2.75, 3.05) is 80.7 Å². The van der Waals surface area contributed by atoms with E-state index in [1.54, 1.807) is 0 Å². The second-order valence-corrected chi connectivity index (χ2v) is 22.3. The van der Waals surface area contributed by atoms with Crippen molar-refractivity contribution in [3.05, 3.63) is 0 Å². The Hall–Kier alpha value is -1.11. The summed E-state index contributed by atoms with van der Waals surface area (Å²) < 4.78 is 23.6. The summed E-state index contributed by atoms with van der Waals surface area (Å²) in [5.74, 6) is 0.177. The van der Waals surface area contributed by atoms with Gasteiger partial charge in [-0.2, -0.15) is 0 Å². The number of carbonyl (C=O) groups is 2. The first-order chi connectivity index (χ1) is 31.1. The number of nitrogens with one attached hydrogen (secondary N) is 2. The van der Waals surface area contributed by atoms with E-state index in [2.05, 4.69) is 24.5 Å². The van der Waals surface area contributed by atoms with Crippen LogP contribution >= 0.6 is 7.82 Å². The van der Waals surface area contributed by atoms with Crippen LogP contribution in [-0.2, 0) is 23.2 Å². The first-order valence-corrected chi connectivity index (χ1v) is 28.8. The number of carbonyl (C=O) groups excluding carboxylic acids is 2. The number of phosphoric ester groups is 1. The van der Waals surface area contributed by atoms with Gasteiger partial charge in [0.25, 0.3) is 0 Å². The topological polar surface area (TPSA) is 154 Å². The summed E-state index contributed by atoms with van der Waals surface area (Å²) in [6.07, 6.45) is 39.7. The van der Waals surface area contributed by atoms with Gasteiger partial charge in [-0.05, 0) is 12.8 Å². The molecule has 0 aliphatic heterocycles. The number of aliphatic hydroxyl groups excluding tert-OH is 2. The molecule has 0 rings (SSSR count). The Morgan fingerprint density at radius 1 is 0.446 bits per heavy atom. The van der Waals surface area contributed by atoms with Crippen LogP contribution in [0, 0.1) is 0 Å². The van der Waals surface area contributed by atoms with Gasteiger partial charge in [-0.1, -0.05) is 194 Å². The number of likely N-dealkylation sites (N-methyl/N-ethyl adjacent to an activating group) is 2. The van der Waals surface area contributed by atoms with Gasteiger partial charge >= 0.3 is 7.82 Å². The minimum Gasteiger partial charge on any atom is -0.385 e. The molecule has 0 saturated heterocycles. The van der Waals surface area contributed by atoms with E-state index < -0.39 is 20.0 Å². The van der Waals surface area contributed by atoms with Gasteiger partial charge in [0.2, 0.25) is 11.8 Å². The summed E-state index contributed by atoms with van der Waals surface area (Å²) in [6.45, 7) is 6.91. The molecule has 2 atom stereocenters. The molecule has 0 aromatic carbocycles. The van der Waals surface area contributed by atoms with Crippen molar-refractivity contribution in [1.82, 2.24) is 10.6 Å². The van der Waals surface area contributed by atoms with E-state index in [1.807, 2.05) is 28.2 Å². The maximum absolute atomic E-state index is 12.5. The predicted octanol–water partition coefficient (Wildman–Crippen LogP) is 11.5. The molecule has 12 nitrogen and oxygen atoms in total. The Balaban J connectivity index is 3.92. The summed E-state index contributed by atoms with van der Waals surface area (Å²) in [5.41, 5.74) is 0. The molecular weight excluding hydrogens is 840 g/mol. The van der Waals surface area contributed by atoms with Crippen molar-refractivity contribution in [1.29, 1.82) is 0 Å². The van der Waals surface area contributed by atoms with Crippen LogP contribution in [0.1, 0.15) is 232 Å². The van der Waals surface area contributed by atoms with Gasteiger partial charge in [0.05, 0.1) is 54.5 Å². The molecule has 0 spiro atoms. The molecule has 0 heterocycles. The zero-order valence-corrected chi connectivity index (χ0v) is 44.5. The highest BCUT2D eigenvalue weighted by atomic mass is 31.2. The molecule has 0 bridgehead atoms. The molecule has 2 amide bonds. The van der Waals surface area contributed by atoms with Gasteiger partial charge in [0.15, 0.2) is 0 Å². The third kappa shape index (κ3) is 46.4. The highest BCUT2D eigenvalue weighted by molar-refractivity contribution is 7.47. The zero-order chi connectivity index (χ0) is 48.3. The minimum atomic E-state index is -4.49. The first-order valence-electron chi connectivity index (χ1n) is 27.3. The molecule has 388 valence electrons. The zero-order valence-electron chi connectivity index (χ0n) is 43.6. The fourth-order valence-electron chi connectivity index (χ4n) is 8.79. The molecule has 5 N–H and O–H groups in total. The lowest BCUT2D eigenvalue weighted by Gasteiger charge is -2.32. The third-order valence-corrected chi connectivity index (χ3v) is 13.8. The van der Waals surface area contributed by atoms with Gasteiger partial charge in [0, 0.05) is 38.8 Å². The number of hydrogen-bond donors (Lipinski definition) is 5. The summed E-state index contributed by atoms with van der Waals surface area (Å²) in [6, 6.07) is 0. The molecular formula is C52H109N4O8P+2. The summed E-state index contributed by atoms with van der Waals surface area (Å²) >= 11 is 0. The Bertz CT molecular complexity index is 1060. The highest BCUT2D eigenvalue weighted by Gasteiger charge is 2.29. The van der Waals surface area contributed by atoms with Gasteiger partial charge < -0.3 is 34.7 Å². The molecule has 0 radical (unpaired) electrons. The second kappa shape index (κ2) is 43.0. The smallest absolute Gasteiger partial charge is 0.385 e. The summed E-state index contributed by atoms with van der Waals surface area (Å²) in [4.78, 5) is 34.9. The number of amides is 2. The number of nitrogens with zero attached hydrogens (tertiary/aromatic N) is 2. The second-order valence-electron chi connectivity index (χ2n) is 20.9. The maximum Gasteiger partial charge on any atom is 0.472 e. The molecule has 65 heavy (non-hydrogen) atoms. The van der Waals surface area contributed by atoms with E-state index in [9.17, 15) is 29.3 Å². The SMILES string of the molecule is CCCCCCCCCCCCCCCCCC(=O)NCCC[N+](C)(C)CC(O)COP(=O)(O)OCC(O)C[N+](C)(C)CCCNC(=O)CCCCCCCCCCCCCCCCC. The van der Waals surface area contributed by atoms with Gasteiger partial charge in [-0.3, -0.25) is 18.6 Å². The van der Waals surface area contributed by atoms with E-state index >= 15 is 0 Å². The number of quaternary nitrogens is 2. The maximum atomic E-state index is 12.5. The molecule has 13 heteroatoms. The van der Waals surface area contributed by atoms with Crippen molar-refractivity contribution in [2.24, 2.45) is 0 Å². The van der Waals surface area contributed by atoms with Crippen LogP contribution in [-0.4, -0.2) is 129 Å². The third-order valence-electron chi connectivity index (χ3n) is 12.8. The number of rotatable bonds is 50. The van der Waals surface area contributed by atoms with Gasteiger partial charge in [-0.25, -0.2) is 4.57 Å². The molecule has 0 aliphatic carbocycles. The monoisotopic (exact) mass is 949 g/mol. The van der Waals surface area contributed by atoms with Gasteiger partial charge in [0.1, 0.15) is 25.3 Å². The Morgan fingerprint density at radius 2 is 0.692 bits per heavy atom. The van der Waals surface area contributed by atoms with Crippen LogP contribution < -0.4 is 10.6 Å². The molecule has 0 saturated carbocycles. The van der Waals surface area contributed by atoms with Crippen LogP contribution in [0.4, 0.5) is 0 Å². The number of aliphatic hydroxyl groups is 2. The van der Waals surface area contributed by atoms with Crippen molar-refractivity contribution >= 4 is 19.6 Å². The minimum absolute atomic E-state index is 0.0887. The van der Waals surface area contributed by atoms with E-state index in [0.717, 1.165) is 38.5 Å². The van der Waals surface area contributed by atoms with Crippen LogP contribution in [0.15, 0.2) is 0 Å². The lowest BCUT2D eigenvalue weighted by atomic mass is 10.0. The predicted molar refractivity (Wildman–Crippen MR) is 272 cm³/mol. The van der Waals surface area contributed by atoms with Crippen LogP contribution in [0.25, 0.3) is 0 Å². The molecule has 2 unspecified atom stereocenters. The highest BCUT2D eigenvalue weighted by Crippen LogP contribution is 2.43. The number of phosphoric acid groups is 1. The van der Waals surface area contributed by atoms with Crippen molar-refractivity contribution in [2.45, 2.75) is 244 Å². The van der Waals surface area contributed by atoms with Crippen molar-refractivity contribution in [3.63, 3.8) is 0 Å². The van der Waals surface area contributed by atoms with Crippen molar-refractivity contribution in [3.8, 4) is 0 Å². The average molecular weight is 949 g/mol. The summed E-state index contributed by atoms with van der Waals surface area (Å²) in [7, 11) is 3.35. The summed E-state index contributed by atoms with van der Waals surface area (Å²) in [5, 5.41) is 27.2. The van der Waals surface area contributed by atoms with E-state index in [-0.39, 0.29) is 25.0 Å². The Kier molecular flexibility index (Phi) is 42.2.